The highest BCUT2D eigenvalue weighted by atomic mass is 35.5. The molecule has 3 aromatic heterocycles. The molecule has 1 aliphatic heterocycles. The predicted octanol–water partition coefficient (Wildman–Crippen LogP) is 3.59. The van der Waals surface area contributed by atoms with Crippen molar-refractivity contribution >= 4 is 39.4 Å². The van der Waals surface area contributed by atoms with Crippen LogP contribution in [0, 0.1) is 0 Å². The van der Waals surface area contributed by atoms with E-state index >= 15 is 0 Å². The zero-order valence-corrected chi connectivity index (χ0v) is 13.1. The number of aromatic amines is 1. The zero-order chi connectivity index (χ0) is 15.4. The summed E-state index contributed by atoms with van der Waals surface area (Å²) in [6.07, 6.45) is 3.53. The van der Waals surface area contributed by atoms with E-state index in [-0.39, 0.29) is 0 Å². The maximum absolute atomic E-state index is 6.34. The molecule has 0 saturated heterocycles. The highest BCUT2D eigenvalue weighted by molar-refractivity contribution is 6.35. The minimum atomic E-state index is 0.811. The van der Waals surface area contributed by atoms with Crippen LogP contribution >= 0.6 is 11.6 Å². The molecular formula is C17H14ClN5. The van der Waals surface area contributed by atoms with E-state index in [2.05, 4.69) is 36.6 Å². The Balaban J connectivity index is 1.61. The van der Waals surface area contributed by atoms with Crippen molar-refractivity contribution in [3.05, 3.63) is 53.6 Å². The van der Waals surface area contributed by atoms with E-state index in [4.69, 9.17) is 11.6 Å². The number of fused-ring (bicyclic) bond motifs is 4. The number of hydrogen-bond acceptors (Lipinski definition) is 3. The highest BCUT2D eigenvalue weighted by Gasteiger charge is 2.22. The lowest BCUT2D eigenvalue weighted by atomic mass is 10.2. The first kappa shape index (κ1) is 13.0. The van der Waals surface area contributed by atoms with E-state index in [0.29, 0.717) is 0 Å². The molecule has 4 heterocycles. The summed E-state index contributed by atoms with van der Waals surface area (Å²) in [4.78, 5) is 14.2. The Hall–Kier alpha value is -2.53. The lowest BCUT2D eigenvalue weighted by Crippen LogP contribution is -2.33. The highest BCUT2D eigenvalue weighted by Crippen LogP contribution is 2.31. The van der Waals surface area contributed by atoms with Crippen LogP contribution in [-0.2, 0) is 13.1 Å². The van der Waals surface area contributed by atoms with Crippen molar-refractivity contribution in [1.82, 2.24) is 19.5 Å². The molecule has 0 spiro atoms. The molecule has 1 aliphatic rings. The fraction of sp³-hybridized carbons (Fsp3) is 0.176. The molecule has 0 aliphatic carbocycles. The van der Waals surface area contributed by atoms with Gasteiger partial charge in [-0.15, -0.1) is 0 Å². The Morgan fingerprint density at radius 2 is 2.04 bits per heavy atom. The molecule has 0 saturated carbocycles. The summed E-state index contributed by atoms with van der Waals surface area (Å²) in [5.41, 5.74) is 3.35. The van der Waals surface area contributed by atoms with E-state index in [1.807, 2.05) is 24.4 Å². The molecular weight excluding hydrogens is 310 g/mol. The second kappa shape index (κ2) is 4.73. The van der Waals surface area contributed by atoms with E-state index in [1.54, 1.807) is 6.33 Å². The first-order valence-corrected chi connectivity index (χ1v) is 7.99. The van der Waals surface area contributed by atoms with Crippen molar-refractivity contribution < 1.29 is 0 Å². The van der Waals surface area contributed by atoms with Gasteiger partial charge >= 0.3 is 0 Å². The Labute approximate surface area is 137 Å². The molecule has 0 fully saturated rings. The standard InChI is InChI=1S/C17H14ClN5/c18-14-2-1-3-15-13(14)8-11-9-22(6-7-23(11)15)17-12-4-5-19-16(12)20-10-21-17/h1-5,8,10H,6-7,9H2,(H,19,20,21). The van der Waals surface area contributed by atoms with Gasteiger partial charge in [0.2, 0.25) is 0 Å². The molecule has 0 amide bonds. The Bertz CT molecular complexity index is 1030. The maximum Gasteiger partial charge on any atom is 0.142 e. The summed E-state index contributed by atoms with van der Waals surface area (Å²) in [5.74, 6) is 0.985. The van der Waals surface area contributed by atoms with E-state index in [0.717, 1.165) is 46.9 Å². The SMILES string of the molecule is Clc1cccc2c1cc1n2CCN(c2ncnc3[nH]ccc23)C1. The Kier molecular flexibility index (Phi) is 2.67. The van der Waals surface area contributed by atoms with Crippen LogP contribution in [0.15, 0.2) is 42.9 Å². The number of H-pyrrole nitrogens is 1. The van der Waals surface area contributed by atoms with Crippen molar-refractivity contribution in [3.63, 3.8) is 0 Å². The van der Waals surface area contributed by atoms with Crippen LogP contribution in [0.1, 0.15) is 5.69 Å². The molecule has 5 rings (SSSR count). The molecule has 6 heteroatoms. The summed E-state index contributed by atoms with van der Waals surface area (Å²) in [6, 6.07) is 10.3. The summed E-state index contributed by atoms with van der Waals surface area (Å²) in [6.45, 7) is 2.66. The monoisotopic (exact) mass is 323 g/mol. The van der Waals surface area contributed by atoms with Gasteiger partial charge in [0, 0.05) is 40.9 Å². The van der Waals surface area contributed by atoms with Crippen LogP contribution in [-0.4, -0.2) is 26.1 Å². The molecule has 1 aromatic carbocycles. The van der Waals surface area contributed by atoms with Crippen molar-refractivity contribution in [2.24, 2.45) is 0 Å². The molecule has 5 nitrogen and oxygen atoms in total. The summed E-state index contributed by atoms with van der Waals surface area (Å²) < 4.78 is 2.35. The number of halogens is 1. The van der Waals surface area contributed by atoms with Gasteiger partial charge < -0.3 is 14.5 Å². The first-order valence-electron chi connectivity index (χ1n) is 7.61. The van der Waals surface area contributed by atoms with Crippen molar-refractivity contribution in [1.29, 1.82) is 0 Å². The van der Waals surface area contributed by atoms with Crippen LogP contribution in [0.4, 0.5) is 5.82 Å². The molecule has 0 atom stereocenters. The van der Waals surface area contributed by atoms with E-state index in [1.165, 1.54) is 11.2 Å². The van der Waals surface area contributed by atoms with Gasteiger partial charge in [0.15, 0.2) is 0 Å². The molecule has 23 heavy (non-hydrogen) atoms. The molecule has 1 N–H and O–H groups in total. The summed E-state index contributed by atoms with van der Waals surface area (Å²) in [7, 11) is 0. The largest absolute Gasteiger partial charge is 0.348 e. The third-order valence-electron chi connectivity index (χ3n) is 4.56. The topological polar surface area (TPSA) is 49.7 Å². The minimum absolute atomic E-state index is 0.811. The maximum atomic E-state index is 6.34. The summed E-state index contributed by atoms with van der Waals surface area (Å²) >= 11 is 6.34. The zero-order valence-electron chi connectivity index (χ0n) is 12.3. The number of nitrogens with zero attached hydrogens (tertiary/aromatic N) is 4. The number of anilines is 1. The van der Waals surface area contributed by atoms with Gasteiger partial charge in [0.1, 0.15) is 17.8 Å². The van der Waals surface area contributed by atoms with Crippen LogP contribution in [0.3, 0.4) is 0 Å². The fourth-order valence-corrected chi connectivity index (χ4v) is 3.71. The van der Waals surface area contributed by atoms with E-state index < -0.39 is 0 Å². The second-order valence-corrected chi connectivity index (χ2v) is 6.23. The smallest absolute Gasteiger partial charge is 0.142 e. The van der Waals surface area contributed by atoms with Crippen molar-refractivity contribution in [2.75, 3.05) is 11.4 Å². The average Bonchev–Trinajstić information content (AvgIpc) is 3.19. The second-order valence-electron chi connectivity index (χ2n) is 5.82. The number of nitrogens with one attached hydrogen (secondary N) is 1. The molecule has 0 bridgehead atoms. The first-order chi connectivity index (χ1) is 11.3. The average molecular weight is 324 g/mol. The van der Waals surface area contributed by atoms with Crippen LogP contribution in [0.5, 0.6) is 0 Å². The lowest BCUT2D eigenvalue weighted by molar-refractivity contribution is 0.582. The van der Waals surface area contributed by atoms with Gasteiger partial charge in [0.05, 0.1) is 11.9 Å². The van der Waals surface area contributed by atoms with Gasteiger partial charge in [-0.2, -0.15) is 0 Å². The van der Waals surface area contributed by atoms with Crippen molar-refractivity contribution in [3.8, 4) is 0 Å². The Morgan fingerprint density at radius 1 is 1.09 bits per heavy atom. The normalized spacial score (nSPS) is 14.6. The molecule has 0 radical (unpaired) electrons. The van der Waals surface area contributed by atoms with E-state index in [9.17, 15) is 0 Å². The van der Waals surface area contributed by atoms with Gasteiger partial charge in [-0.1, -0.05) is 17.7 Å². The number of hydrogen-bond donors (Lipinski definition) is 1. The summed E-state index contributed by atoms with van der Waals surface area (Å²) in [5, 5.41) is 3.00. The van der Waals surface area contributed by atoms with Crippen LogP contribution in [0.2, 0.25) is 5.02 Å². The quantitative estimate of drug-likeness (QED) is 0.582. The third kappa shape index (κ3) is 1.86. The minimum Gasteiger partial charge on any atom is -0.348 e. The van der Waals surface area contributed by atoms with Crippen LogP contribution in [0.25, 0.3) is 21.9 Å². The Morgan fingerprint density at radius 3 is 3.00 bits per heavy atom. The lowest BCUT2D eigenvalue weighted by Gasteiger charge is -2.30. The van der Waals surface area contributed by atoms with Crippen LogP contribution < -0.4 is 4.90 Å². The van der Waals surface area contributed by atoms with Gasteiger partial charge in [0.25, 0.3) is 0 Å². The number of aromatic nitrogens is 4. The predicted molar refractivity (Wildman–Crippen MR) is 91.9 cm³/mol. The third-order valence-corrected chi connectivity index (χ3v) is 4.89. The number of rotatable bonds is 1. The number of benzene rings is 1. The van der Waals surface area contributed by atoms with Gasteiger partial charge in [-0.25, -0.2) is 9.97 Å². The molecule has 0 unspecified atom stereocenters. The van der Waals surface area contributed by atoms with Crippen molar-refractivity contribution in [2.45, 2.75) is 13.1 Å². The van der Waals surface area contributed by atoms with Gasteiger partial charge in [-0.3, -0.25) is 0 Å². The molecule has 114 valence electrons. The molecule has 4 aromatic rings. The van der Waals surface area contributed by atoms with Gasteiger partial charge in [-0.05, 0) is 24.3 Å². The fourth-order valence-electron chi connectivity index (χ4n) is 3.48.